The molecule has 0 aliphatic rings. The van der Waals surface area contributed by atoms with Crippen LogP contribution in [0.25, 0.3) is 0 Å². The van der Waals surface area contributed by atoms with Gasteiger partial charge < -0.3 is 5.73 Å². The Hall–Kier alpha value is -1.71. The molecular formula is C17H23N3. The average molecular weight is 269 g/mol. The molecular weight excluding hydrogens is 246 g/mol. The summed E-state index contributed by atoms with van der Waals surface area (Å²) in [6.07, 6.45) is 3.98. The predicted molar refractivity (Wildman–Crippen MR) is 83.3 cm³/mol. The van der Waals surface area contributed by atoms with Crippen molar-refractivity contribution in [2.45, 2.75) is 25.4 Å². The number of hydrogen-bond acceptors (Lipinski definition) is 3. The minimum absolute atomic E-state index is 0.386. The summed E-state index contributed by atoms with van der Waals surface area (Å²) in [6, 6.07) is 17.0. The third kappa shape index (κ3) is 4.44. The highest BCUT2D eigenvalue weighted by Crippen LogP contribution is 2.10. The number of aromatic nitrogens is 1. The maximum Gasteiger partial charge on any atom is 0.0543 e. The Morgan fingerprint density at radius 1 is 1.10 bits per heavy atom. The van der Waals surface area contributed by atoms with Crippen molar-refractivity contribution in [2.24, 2.45) is 5.73 Å². The zero-order chi connectivity index (χ0) is 14.2. The van der Waals surface area contributed by atoms with Gasteiger partial charge in [-0.25, -0.2) is 0 Å². The molecule has 0 saturated carbocycles. The van der Waals surface area contributed by atoms with Gasteiger partial charge in [-0.1, -0.05) is 36.4 Å². The Bertz CT molecular complexity index is 484. The number of benzene rings is 1. The Balaban J connectivity index is 1.87. The fourth-order valence-corrected chi connectivity index (χ4v) is 2.37. The standard InChI is InChI=1S/C17H23N3/c1-20(14-16-9-5-6-12-19-16)17(13-18)11-10-15-7-3-2-4-8-15/h2-9,12,17H,10-11,13-14,18H2,1H3. The van der Waals surface area contributed by atoms with E-state index in [4.69, 9.17) is 5.73 Å². The van der Waals surface area contributed by atoms with Gasteiger partial charge >= 0.3 is 0 Å². The Labute approximate surface area is 121 Å². The van der Waals surface area contributed by atoms with Crippen molar-refractivity contribution >= 4 is 0 Å². The summed E-state index contributed by atoms with van der Waals surface area (Å²) in [6.45, 7) is 1.52. The van der Waals surface area contributed by atoms with Crippen molar-refractivity contribution in [3.05, 3.63) is 66.0 Å². The van der Waals surface area contributed by atoms with Crippen molar-refractivity contribution in [1.29, 1.82) is 0 Å². The van der Waals surface area contributed by atoms with Crippen molar-refractivity contribution in [3.8, 4) is 0 Å². The van der Waals surface area contributed by atoms with E-state index in [1.165, 1.54) is 5.56 Å². The number of aryl methyl sites for hydroxylation is 1. The van der Waals surface area contributed by atoms with E-state index in [1.807, 2.05) is 18.3 Å². The molecule has 0 radical (unpaired) electrons. The highest BCUT2D eigenvalue weighted by Gasteiger charge is 2.13. The average Bonchev–Trinajstić information content (AvgIpc) is 2.50. The van der Waals surface area contributed by atoms with Gasteiger partial charge in [-0.3, -0.25) is 9.88 Å². The number of likely N-dealkylation sites (N-methyl/N-ethyl adjacent to an activating group) is 1. The van der Waals surface area contributed by atoms with Crippen LogP contribution in [0.3, 0.4) is 0 Å². The molecule has 3 heteroatoms. The first-order valence-electron chi connectivity index (χ1n) is 7.13. The highest BCUT2D eigenvalue weighted by molar-refractivity contribution is 5.14. The molecule has 106 valence electrons. The van der Waals surface area contributed by atoms with Gasteiger partial charge in [-0.05, 0) is 37.6 Å². The summed E-state index contributed by atoms with van der Waals surface area (Å²) in [5, 5.41) is 0. The maximum absolute atomic E-state index is 5.93. The van der Waals surface area contributed by atoms with Crippen LogP contribution in [0.2, 0.25) is 0 Å². The van der Waals surface area contributed by atoms with Crippen molar-refractivity contribution < 1.29 is 0 Å². The first-order chi connectivity index (χ1) is 9.79. The van der Waals surface area contributed by atoms with E-state index in [9.17, 15) is 0 Å². The molecule has 2 N–H and O–H groups in total. The lowest BCUT2D eigenvalue weighted by Crippen LogP contribution is -2.38. The number of hydrogen-bond donors (Lipinski definition) is 1. The first-order valence-corrected chi connectivity index (χ1v) is 7.13. The van der Waals surface area contributed by atoms with E-state index in [2.05, 4.69) is 53.3 Å². The molecule has 1 aromatic heterocycles. The van der Waals surface area contributed by atoms with Crippen molar-refractivity contribution in [1.82, 2.24) is 9.88 Å². The van der Waals surface area contributed by atoms with Crippen molar-refractivity contribution in [3.63, 3.8) is 0 Å². The van der Waals surface area contributed by atoms with Gasteiger partial charge in [0.2, 0.25) is 0 Å². The third-order valence-corrected chi connectivity index (χ3v) is 3.64. The van der Waals surface area contributed by atoms with Gasteiger partial charge in [0.1, 0.15) is 0 Å². The van der Waals surface area contributed by atoms with Crippen molar-refractivity contribution in [2.75, 3.05) is 13.6 Å². The first kappa shape index (κ1) is 14.7. The molecule has 2 aromatic rings. The van der Waals surface area contributed by atoms with Gasteiger partial charge in [-0.15, -0.1) is 0 Å². The number of nitrogens with two attached hydrogens (primary N) is 1. The molecule has 2 rings (SSSR count). The summed E-state index contributed by atoms with van der Waals surface area (Å²) in [4.78, 5) is 6.67. The van der Waals surface area contributed by atoms with E-state index >= 15 is 0 Å². The Kier molecular flexibility index (Phi) is 5.71. The normalized spacial score (nSPS) is 12.6. The van der Waals surface area contributed by atoms with E-state index in [0.717, 1.165) is 25.1 Å². The second-order valence-corrected chi connectivity index (χ2v) is 5.15. The smallest absolute Gasteiger partial charge is 0.0543 e. The fourth-order valence-electron chi connectivity index (χ4n) is 2.37. The molecule has 0 fully saturated rings. The lowest BCUT2D eigenvalue weighted by Gasteiger charge is -2.26. The molecule has 1 aromatic carbocycles. The Morgan fingerprint density at radius 3 is 2.50 bits per heavy atom. The lowest BCUT2D eigenvalue weighted by atomic mass is 10.0. The van der Waals surface area contributed by atoms with Crippen LogP contribution < -0.4 is 5.73 Å². The van der Waals surface area contributed by atoms with Gasteiger partial charge in [-0.2, -0.15) is 0 Å². The van der Waals surface area contributed by atoms with Gasteiger partial charge in [0.25, 0.3) is 0 Å². The van der Waals surface area contributed by atoms with Crippen LogP contribution in [-0.2, 0) is 13.0 Å². The second-order valence-electron chi connectivity index (χ2n) is 5.15. The molecule has 0 aliphatic heterocycles. The zero-order valence-electron chi connectivity index (χ0n) is 12.1. The van der Waals surface area contributed by atoms with E-state index in [1.54, 1.807) is 0 Å². The molecule has 0 bridgehead atoms. The third-order valence-electron chi connectivity index (χ3n) is 3.64. The molecule has 0 aliphatic carbocycles. The largest absolute Gasteiger partial charge is 0.329 e. The van der Waals surface area contributed by atoms with Crippen LogP contribution >= 0.6 is 0 Å². The van der Waals surface area contributed by atoms with E-state index in [-0.39, 0.29) is 0 Å². The number of rotatable bonds is 7. The minimum atomic E-state index is 0.386. The molecule has 0 spiro atoms. The maximum atomic E-state index is 5.93. The van der Waals surface area contributed by atoms with Crippen LogP contribution in [-0.4, -0.2) is 29.5 Å². The van der Waals surface area contributed by atoms with Crippen LogP contribution in [0, 0.1) is 0 Å². The molecule has 3 nitrogen and oxygen atoms in total. The summed E-state index contributed by atoms with van der Waals surface area (Å²) in [7, 11) is 2.12. The molecule has 20 heavy (non-hydrogen) atoms. The summed E-state index contributed by atoms with van der Waals surface area (Å²) >= 11 is 0. The lowest BCUT2D eigenvalue weighted by molar-refractivity contribution is 0.225. The summed E-state index contributed by atoms with van der Waals surface area (Å²) < 4.78 is 0. The number of nitrogens with zero attached hydrogens (tertiary/aromatic N) is 2. The molecule has 1 heterocycles. The van der Waals surface area contributed by atoms with Crippen LogP contribution in [0.15, 0.2) is 54.7 Å². The molecule has 0 saturated heterocycles. The fraction of sp³-hybridized carbons (Fsp3) is 0.353. The van der Waals surface area contributed by atoms with Crippen LogP contribution in [0.1, 0.15) is 17.7 Å². The summed E-state index contributed by atoms with van der Waals surface area (Å²) in [5.74, 6) is 0. The van der Waals surface area contributed by atoms with Crippen LogP contribution in [0.5, 0.6) is 0 Å². The van der Waals surface area contributed by atoms with Crippen LogP contribution in [0.4, 0.5) is 0 Å². The van der Waals surface area contributed by atoms with Gasteiger partial charge in [0, 0.05) is 25.3 Å². The van der Waals surface area contributed by atoms with Gasteiger partial charge in [0.15, 0.2) is 0 Å². The zero-order valence-corrected chi connectivity index (χ0v) is 12.1. The number of pyridine rings is 1. The SMILES string of the molecule is CN(Cc1ccccn1)C(CN)CCc1ccccc1. The highest BCUT2D eigenvalue weighted by atomic mass is 15.1. The second kappa shape index (κ2) is 7.78. The quantitative estimate of drug-likeness (QED) is 0.839. The minimum Gasteiger partial charge on any atom is -0.329 e. The Morgan fingerprint density at radius 2 is 1.85 bits per heavy atom. The van der Waals surface area contributed by atoms with Gasteiger partial charge in [0.05, 0.1) is 5.69 Å². The molecule has 1 atom stereocenters. The molecule has 1 unspecified atom stereocenters. The predicted octanol–water partition coefficient (Wildman–Crippen LogP) is 2.47. The van der Waals surface area contributed by atoms with E-state index in [0.29, 0.717) is 12.6 Å². The van der Waals surface area contributed by atoms with E-state index < -0.39 is 0 Å². The monoisotopic (exact) mass is 269 g/mol. The molecule has 0 amide bonds. The topological polar surface area (TPSA) is 42.2 Å². The summed E-state index contributed by atoms with van der Waals surface area (Å²) in [5.41, 5.74) is 8.39.